The van der Waals surface area contributed by atoms with E-state index in [1.54, 1.807) is 4.68 Å². The average Bonchev–Trinajstić information content (AvgIpc) is 3.10. The number of aliphatic imine (C=N–C) groups is 1. The van der Waals surface area contributed by atoms with Crippen molar-refractivity contribution in [1.29, 1.82) is 0 Å². The number of fused-ring (bicyclic) bond motifs is 1. The molecule has 2 N–H and O–H groups in total. The maximum absolute atomic E-state index is 12.4. The molecule has 2 aliphatic heterocycles. The standard InChI is InChI=1S/C21H38N6O3.HI/c1-2-22-20(24-11-6-14-30-17-18-8-15-29-16-9-18)23-10-5-13-27-21(28)26-12-4-3-7-19(26)25-27;/h18H,2-17H2,1H3,(H2,22,23,24);1H. The molecule has 1 fully saturated rings. The van der Waals surface area contributed by atoms with Gasteiger partial charge in [0.25, 0.3) is 0 Å². The maximum Gasteiger partial charge on any atom is 0.345 e. The summed E-state index contributed by atoms with van der Waals surface area (Å²) in [5, 5.41) is 11.1. The summed E-state index contributed by atoms with van der Waals surface area (Å²) in [4.78, 5) is 17.0. The lowest BCUT2D eigenvalue weighted by Gasteiger charge is -2.21. The number of ether oxygens (including phenoxy) is 2. The van der Waals surface area contributed by atoms with Crippen LogP contribution in [0, 0.1) is 5.92 Å². The number of nitrogens with one attached hydrogen (secondary N) is 2. The Hall–Kier alpha value is -1.14. The Morgan fingerprint density at radius 3 is 2.87 bits per heavy atom. The van der Waals surface area contributed by atoms with Gasteiger partial charge in [-0.2, -0.15) is 5.10 Å². The molecule has 31 heavy (non-hydrogen) atoms. The minimum atomic E-state index is 0. The zero-order valence-corrected chi connectivity index (χ0v) is 21.1. The first-order valence-electron chi connectivity index (χ1n) is 11.6. The third-order valence-electron chi connectivity index (χ3n) is 5.63. The predicted octanol–water partition coefficient (Wildman–Crippen LogP) is 1.78. The first kappa shape index (κ1) is 26.1. The van der Waals surface area contributed by atoms with Gasteiger partial charge in [-0.3, -0.25) is 9.56 Å². The number of nitrogens with zero attached hydrogens (tertiary/aromatic N) is 4. The van der Waals surface area contributed by atoms with Gasteiger partial charge in [0.2, 0.25) is 0 Å². The van der Waals surface area contributed by atoms with Crippen LogP contribution >= 0.6 is 24.0 Å². The molecular weight excluding hydrogens is 511 g/mol. The van der Waals surface area contributed by atoms with Crippen LogP contribution in [0.3, 0.4) is 0 Å². The molecule has 1 saturated heterocycles. The molecule has 0 bridgehead atoms. The Balaban J connectivity index is 0.00000341. The number of aromatic nitrogens is 3. The molecule has 9 nitrogen and oxygen atoms in total. The predicted molar refractivity (Wildman–Crippen MR) is 132 cm³/mol. The third-order valence-corrected chi connectivity index (χ3v) is 5.63. The monoisotopic (exact) mass is 550 g/mol. The molecule has 0 amide bonds. The van der Waals surface area contributed by atoms with Gasteiger partial charge < -0.3 is 20.1 Å². The highest BCUT2D eigenvalue weighted by molar-refractivity contribution is 14.0. The van der Waals surface area contributed by atoms with E-state index in [9.17, 15) is 4.79 Å². The molecule has 0 spiro atoms. The zero-order valence-electron chi connectivity index (χ0n) is 18.8. The Bertz CT molecular complexity index is 714. The molecule has 0 radical (unpaired) electrons. The number of halogens is 1. The molecule has 0 atom stereocenters. The minimum absolute atomic E-state index is 0. The van der Waals surface area contributed by atoms with Crippen molar-refractivity contribution in [2.24, 2.45) is 10.9 Å². The van der Waals surface area contributed by atoms with Gasteiger partial charge >= 0.3 is 5.69 Å². The van der Waals surface area contributed by atoms with E-state index in [2.05, 4.69) is 27.6 Å². The van der Waals surface area contributed by atoms with Gasteiger partial charge in [-0.1, -0.05) is 0 Å². The second-order valence-electron chi connectivity index (χ2n) is 8.06. The summed E-state index contributed by atoms with van der Waals surface area (Å²) >= 11 is 0. The fourth-order valence-corrected chi connectivity index (χ4v) is 3.89. The van der Waals surface area contributed by atoms with Crippen LogP contribution in [0.5, 0.6) is 0 Å². The number of hydrogen-bond donors (Lipinski definition) is 2. The molecule has 1 aromatic rings. The van der Waals surface area contributed by atoms with Gasteiger partial charge in [-0.15, -0.1) is 24.0 Å². The molecule has 2 aliphatic rings. The quantitative estimate of drug-likeness (QED) is 0.189. The lowest BCUT2D eigenvalue weighted by Crippen LogP contribution is -2.38. The topological polar surface area (TPSA) is 94.7 Å². The number of hydrogen-bond acceptors (Lipinski definition) is 5. The van der Waals surface area contributed by atoms with E-state index in [0.29, 0.717) is 19.0 Å². The summed E-state index contributed by atoms with van der Waals surface area (Å²) in [6.07, 6.45) is 7.07. The van der Waals surface area contributed by atoms with E-state index in [0.717, 1.165) is 103 Å². The van der Waals surface area contributed by atoms with Crippen LogP contribution in [0.2, 0.25) is 0 Å². The van der Waals surface area contributed by atoms with Crippen molar-refractivity contribution in [3.63, 3.8) is 0 Å². The van der Waals surface area contributed by atoms with E-state index < -0.39 is 0 Å². The Labute approximate surface area is 202 Å². The third kappa shape index (κ3) is 8.72. The normalized spacial score (nSPS) is 17.1. The Kier molecular flexibility index (Phi) is 12.5. The summed E-state index contributed by atoms with van der Waals surface area (Å²) in [5.41, 5.74) is 0.0273. The molecule has 0 aliphatic carbocycles. The lowest BCUT2D eigenvalue weighted by molar-refractivity contribution is 0.0203. The van der Waals surface area contributed by atoms with Crippen molar-refractivity contribution < 1.29 is 9.47 Å². The molecule has 3 rings (SSSR count). The SMILES string of the molecule is CCNC(=NCCCn1nc2n(c1=O)CCCC2)NCCCOCC1CCOCC1.I. The fraction of sp³-hybridized carbons (Fsp3) is 0.857. The molecule has 0 unspecified atom stereocenters. The van der Waals surface area contributed by atoms with Crippen molar-refractivity contribution in [2.75, 3.05) is 46.1 Å². The van der Waals surface area contributed by atoms with Crippen LogP contribution in [-0.2, 0) is 29.0 Å². The molecule has 10 heteroatoms. The summed E-state index contributed by atoms with van der Waals surface area (Å²) in [7, 11) is 0. The summed E-state index contributed by atoms with van der Waals surface area (Å²) < 4.78 is 14.6. The van der Waals surface area contributed by atoms with Crippen LogP contribution in [0.4, 0.5) is 0 Å². The molecule has 3 heterocycles. The van der Waals surface area contributed by atoms with Crippen molar-refractivity contribution in [3.8, 4) is 0 Å². The van der Waals surface area contributed by atoms with E-state index in [4.69, 9.17) is 9.47 Å². The first-order chi connectivity index (χ1) is 14.8. The van der Waals surface area contributed by atoms with Crippen molar-refractivity contribution in [1.82, 2.24) is 25.0 Å². The van der Waals surface area contributed by atoms with Crippen LogP contribution in [0.25, 0.3) is 0 Å². The minimum Gasteiger partial charge on any atom is -0.381 e. The van der Waals surface area contributed by atoms with Gasteiger partial charge in [0, 0.05) is 65.6 Å². The Morgan fingerprint density at radius 2 is 2.10 bits per heavy atom. The highest BCUT2D eigenvalue weighted by Gasteiger charge is 2.16. The first-order valence-corrected chi connectivity index (χ1v) is 11.6. The molecule has 0 saturated carbocycles. The van der Waals surface area contributed by atoms with Gasteiger partial charge in [-0.25, -0.2) is 9.48 Å². The van der Waals surface area contributed by atoms with E-state index >= 15 is 0 Å². The molecular formula is C21H39IN6O3. The fourth-order valence-electron chi connectivity index (χ4n) is 3.89. The van der Waals surface area contributed by atoms with Crippen LogP contribution in [0.1, 0.15) is 51.3 Å². The summed E-state index contributed by atoms with van der Waals surface area (Å²) in [6.45, 7) is 9.12. The number of rotatable bonds is 11. The molecule has 1 aromatic heterocycles. The zero-order chi connectivity index (χ0) is 21.0. The molecule has 178 valence electrons. The smallest absolute Gasteiger partial charge is 0.345 e. The average molecular weight is 550 g/mol. The maximum atomic E-state index is 12.4. The van der Waals surface area contributed by atoms with Gasteiger partial charge in [0.15, 0.2) is 5.96 Å². The van der Waals surface area contributed by atoms with Crippen LogP contribution in [0.15, 0.2) is 9.79 Å². The van der Waals surface area contributed by atoms with Crippen molar-refractivity contribution in [3.05, 3.63) is 16.3 Å². The molecule has 0 aromatic carbocycles. The van der Waals surface area contributed by atoms with Gasteiger partial charge in [-0.05, 0) is 51.4 Å². The van der Waals surface area contributed by atoms with E-state index in [-0.39, 0.29) is 29.7 Å². The Morgan fingerprint density at radius 1 is 1.26 bits per heavy atom. The van der Waals surface area contributed by atoms with Gasteiger partial charge in [0.05, 0.1) is 0 Å². The highest BCUT2D eigenvalue weighted by atomic mass is 127. The highest BCUT2D eigenvalue weighted by Crippen LogP contribution is 2.14. The van der Waals surface area contributed by atoms with E-state index in [1.165, 1.54) is 0 Å². The largest absolute Gasteiger partial charge is 0.381 e. The van der Waals surface area contributed by atoms with Crippen LogP contribution < -0.4 is 16.3 Å². The summed E-state index contributed by atoms with van der Waals surface area (Å²) in [5.74, 6) is 2.40. The summed E-state index contributed by atoms with van der Waals surface area (Å²) in [6, 6.07) is 0. The van der Waals surface area contributed by atoms with Crippen molar-refractivity contribution in [2.45, 2.75) is 65.0 Å². The van der Waals surface area contributed by atoms with Crippen molar-refractivity contribution >= 4 is 29.9 Å². The number of guanidine groups is 1. The second-order valence-corrected chi connectivity index (χ2v) is 8.06. The van der Waals surface area contributed by atoms with Gasteiger partial charge in [0.1, 0.15) is 5.82 Å². The van der Waals surface area contributed by atoms with Crippen LogP contribution in [-0.4, -0.2) is 66.4 Å². The number of aryl methyl sites for hydroxylation is 2. The second kappa shape index (κ2) is 14.8. The van der Waals surface area contributed by atoms with E-state index in [1.807, 2.05) is 4.57 Å². The lowest BCUT2D eigenvalue weighted by atomic mass is 10.0.